The van der Waals surface area contributed by atoms with Crippen LogP contribution in [0.3, 0.4) is 0 Å². The molecule has 0 saturated heterocycles. The van der Waals surface area contributed by atoms with Crippen LogP contribution in [0.1, 0.15) is 11.1 Å². The normalized spacial score (nSPS) is 11.2. The quantitative estimate of drug-likeness (QED) is 0.609. The fourth-order valence-electron chi connectivity index (χ4n) is 2.79. The second-order valence-electron chi connectivity index (χ2n) is 6.47. The van der Waals surface area contributed by atoms with Gasteiger partial charge in [-0.15, -0.1) is 0 Å². The van der Waals surface area contributed by atoms with E-state index in [9.17, 15) is 23.1 Å². The van der Waals surface area contributed by atoms with E-state index in [2.05, 4.69) is 0 Å². The summed E-state index contributed by atoms with van der Waals surface area (Å²) in [5.41, 5.74) is 0.304. The molecule has 4 nitrogen and oxygen atoms in total. The zero-order chi connectivity index (χ0) is 21.0. The van der Waals surface area contributed by atoms with E-state index in [-0.39, 0.29) is 17.9 Å². The molecule has 0 heterocycles. The lowest BCUT2D eigenvalue weighted by atomic mass is 9.99. The molecule has 0 spiro atoms. The van der Waals surface area contributed by atoms with Gasteiger partial charge in [-0.05, 0) is 47.5 Å². The molecule has 0 fully saturated rings. The molecule has 29 heavy (non-hydrogen) atoms. The van der Waals surface area contributed by atoms with Gasteiger partial charge in [0.05, 0.1) is 5.56 Å². The van der Waals surface area contributed by atoms with Crippen LogP contribution in [0, 0.1) is 0 Å². The van der Waals surface area contributed by atoms with Gasteiger partial charge >= 0.3 is 12.3 Å². The van der Waals surface area contributed by atoms with E-state index in [0.717, 1.165) is 18.2 Å². The maximum atomic E-state index is 13.0. The number of hydrogen-bond donors (Lipinski definition) is 1. The van der Waals surface area contributed by atoms with Crippen molar-refractivity contribution < 1.29 is 27.8 Å². The molecule has 0 bridgehead atoms. The van der Waals surface area contributed by atoms with Crippen LogP contribution in [0.4, 0.5) is 18.0 Å². The number of ether oxygens (including phenoxy) is 1. The summed E-state index contributed by atoms with van der Waals surface area (Å²) in [7, 11) is 1.56. The predicted octanol–water partition coefficient (Wildman–Crippen LogP) is 5.71. The average molecular weight is 401 g/mol. The number of rotatable bonds is 4. The van der Waals surface area contributed by atoms with Gasteiger partial charge < -0.3 is 14.7 Å². The molecule has 150 valence electrons. The lowest BCUT2D eigenvalue weighted by molar-refractivity contribution is -0.137. The van der Waals surface area contributed by atoms with Crippen molar-refractivity contribution in [3.8, 4) is 22.6 Å². The van der Waals surface area contributed by atoms with Crippen molar-refractivity contribution in [1.82, 2.24) is 4.90 Å². The van der Waals surface area contributed by atoms with Crippen LogP contribution in [0.25, 0.3) is 11.1 Å². The van der Waals surface area contributed by atoms with E-state index in [1.54, 1.807) is 61.6 Å². The first kappa shape index (κ1) is 20.3. The van der Waals surface area contributed by atoms with E-state index in [1.807, 2.05) is 0 Å². The van der Waals surface area contributed by atoms with Crippen molar-refractivity contribution in [2.24, 2.45) is 0 Å². The summed E-state index contributed by atoms with van der Waals surface area (Å²) in [4.78, 5) is 13.6. The number of phenolic OH excluding ortho intramolecular Hbond substituents is 1. The van der Waals surface area contributed by atoms with E-state index in [1.165, 1.54) is 4.90 Å². The summed E-state index contributed by atoms with van der Waals surface area (Å²) in [6, 6.07) is 18.0. The molecule has 1 N–H and O–H groups in total. The maximum absolute atomic E-state index is 13.0. The molecular formula is C22H18F3NO3. The number of phenols is 1. The molecule has 0 atom stereocenters. The van der Waals surface area contributed by atoms with Crippen molar-refractivity contribution in [3.63, 3.8) is 0 Å². The molecule has 3 rings (SSSR count). The molecular weight excluding hydrogens is 383 g/mol. The van der Waals surface area contributed by atoms with Gasteiger partial charge in [-0.3, -0.25) is 0 Å². The van der Waals surface area contributed by atoms with Crippen LogP contribution in [0.15, 0.2) is 72.8 Å². The van der Waals surface area contributed by atoms with Gasteiger partial charge in [-0.2, -0.15) is 13.2 Å². The Morgan fingerprint density at radius 1 is 1.00 bits per heavy atom. The fourth-order valence-corrected chi connectivity index (χ4v) is 2.79. The Hall–Kier alpha value is -3.48. The SMILES string of the molecule is CN(Cc1cccc(-c2cc(C(F)(F)F)ccc2O)c1)C(=O)Oc1ccccc1. The summed E-state index contributed by atoms with van der Waals surface area (Å²) in [6.07, 6.45) is -5.08. The Bertz CT molecular complexity index is 1000. The largest absolute Gasteiger partial charge is 0.507 e. The van der Waals surface area contributed by atoms with Crippen molar-refractivity contribution in [2.75, 3.05) is 7.05 Å². The number of hydrogen-bond acceptors (Lipinski definition) is 3. The van der Waals surface area contributed by atoms with Crippen LogP contribution in [0.2, 0.25) is 0 Å². The highest BCUT2D eigenvalue weighted by molar-refractivity contribution is 5.72. The number of nitrogens with zero attached hydrogens (tertiary/aromatic N) is 1. The first-order chi connectivity index (χ1) is 13.7. The Morgan fingerprint density at radius 3 is 2.41 bits per heavy atom. The van der Waals surface area contributed by atoms with Gasteiger partial charge in [0, 0.05) is 19.2 Å². The predicted molar refractivity (Wildman–Crippen MR) is 102 cm³/mol. The van der Waals surface area contributed by atoms with Crippen molar-refractivity contribution >= 4 is 6.09 Å². The molecule has 3 aromatic carbocycles. The third-order valence-electron chi connectivity index (χ3n) is 4.24. The number of amides is 1. The zero-order valence-electron chi connectivity index (χ0n) is 15.5. The second kappa shape index (κ2) is 8.26. The number of carbonyl (C=O) groups is 1. The maximum Gasteiger partial charge on any atom is 0.416 e. The number of para-hydroxylation sites is 1. The Morgan fingerprint density at radius 2 is 1.72 bits per heavy atom. The topological polar surface area (TPSA) is 49.8 Å². The van der Waals surface area contributed by atoms with Gasteiger partial charge in [0.2, 0.25) is 0 Å². The lowest BCUT2D eigenvalue weighted by Gasteiger charge is -2.17. The summed E-state index contributed by atoms with van der Waals surface area (Å²) >= 11 is 0. The molecule has 0 radical (unpaired) electrons. The molecule has 7 heteroatoms. The Kier molecular flexibility index (Phi) is 5.77. The Labute approximate surface area is 165 Å². The number of halogens is 3. The van der Waals surface area contributed by atoms with Crippen LogP contribution in [0.5, 0.6) is 11.5 Å². The molecule has 0 aliphatic rings. The minimum absolute atomic E-state index is 0.0659. The summed E-state index contributed by atoms with van der Waals surface area (Å²) < 4.78 is 44.2. The fraction of sp³-hybridized carbons (Fsp3) is 0.136. The third kappa shape index (κ3) is 5.07. The molecule has 0 aliphatic carbocycles. The van der Waals surface area contributed by atoms with Crippen LogP contribution in [-0.4, -0.2) is 23.1 Å². The van der Waals surface area contributed by atoms with E-state index >= 15 is 0 Å². The molecule has 0 aliphatic heterocycles. The van der Waals surface area contributed by atoms with E-state index < -0.39 is 17.8 Å². The van der Waals surface area contributed by atoms with Gasteiger partial charge in [-0.25, -0.2) is 4.79 Å². The molecule has 3 aromatic rings. The molecule has 1 amide bonds. The minimum Gasteiger partial charge on any atom is -0.507 e. The van der Waals surface area contributed by atoms with E-state index in [0.29, 0.717) is 16.9 Å². The highest BCUT2D eigenvalue weighted by atomic mass is 19.4. The molecule has 0 unspecified atom stereocenters. The monoisotopic (exact) mass is 401 g/mol. The minimum atomic E-state index is -4.51. The molecule has 0 aromatic heterocycles. The number of benzene rings is 3. The average Bonchev–Trinajstić information content (AvgIpc) is 2.68. The first-order valence-electron chi connectivity index (χ1n) is 8.71. The third-order valence-corrected chi connectivity index (χ3v) is 4.24. The number of alkyl halides is 3. The van der Waals surface area contributed by atoms with Crippen molar-refractivity contribution in [2.45, 2.75) is 12.7 Å². The standard InChI is InChI=1S/C22H18F3NO3/c1-26(21(28)29-18-8-3-2-4-9-18)14-15-6-5-7-16(12-15)19-13-17(22(23,24)25)10-11-20(19)27/h2-13,27H,14H2,1H3. The smallest absolute Gasteiger partial charge is 0.416 e. The first-order valence-corrected chi connectivity index (χ1v) is 8.71. The van der Waals surface area contributed by atoms with E-state index in [4.69, 9.17) is 4.74 Å². The summed E-state index contributed by atoms with van der Waals surface area (Å²) in [5.74, 6) is 0.152. The highest BCUT2D eigenvalue weighted by Gasteiger charge is 2.31. The van der Waals surface area contributed by atoms with Gasteiger partial charge in [0.25, 0.3) is 0 Å². The lowest BCUT2D eigenvalue weighted by Crippen LogP contribution is -2.29. The zero-order valence-corrected chi connectivity index (χ0v) is 15.5. The highest BCUT2D eigenvalue weighted by Crippen LogP contribution is 2.36. The van der Waals surface area contributed by atoms with Crippen LogP contribution in [-0.2, 0) is 12.7 Å². The van der Waals surface area contributed by atoms with Crippen molar-refractivity contribution in [3.05, 3.63) is 83.9 Å². The van der Waals surface area contributed by atoms with Crippen molar-refractivity contribution in [1.29, 1.82) is 0 Å². The number of aromatic hydroxyl groups is 1. The van der Waals surface area contributed by atoms with Gasteiger partial charge in [0.1, 0.15) is 11.5 Å². The summed E-state index contributed by atoms with van der Waals surface area (Å²) in [6.45, 7) is 0.180. The van der Waals surface area contributed by atoms with Gasteiger partial charge in [-0.1, -0.05) is 36.4 Å². The second-order valence-corrected chi connectivity index (χ2v) is 6.47. The van der Waals surface area contributed by atoms with Crippen LogP contribution >= 0.6 is 0 Å². The Balaban J connectivity index is 1.79. The van der Waals surface area contributed by atoms with Crippen LogP contribution < -0.4 is 4.74 Å². The summed E-state index contributed by atoms with van der Waals surface area (Å²) in [5, 5.41) is 10.0. The molecule has 0 saturated carbocycles. The van der Waals surface area contributed by atoms with Gasteiger partial charge in [0.15, 0.2) is 0 Å². The number of carbonyl (C=O) groups excluding carboxylic acids is 1.